The van der Waals surface area contributed by atoms with Gasteiger partial charge in [0, 0.05) is 7.11 Å². The number of methoxy groups -OCH3 is 1. The minimum Gasteiger partial charge on any atom is -0.419 e. The van der Waals surface area contributed by atoms with Gasteiger partial charge in [-0.3, -0.25) is 0 Å². The Balaban J connectivity index is 2.37. The van der Waals surface area contributed by atoms with Gasteiger partial charge in [-0.1, -0.05) is 50.3 Å². The Kier molecular flexibility index (Phi) is 6.94. The molecular weight excluding hydrogens is 240 g/mol. The Morgan fingerprint density at radius 3 is 2.50 bits per heavy atom. The van der Waals surface area contributed by atoms with Gasteiger partial charge < -0.3 is 9.16 Å². The van der Waals surface area contributed by atoms with E-state index >= 15 is 0 Å². The molecule has 18 heavy (non-hydrogen) atoms. The molecule has 0 aliphatic carbocycles. The second kappa shape index (κ2) is 8.24. The topological polar surface area (TPSA) is 18.5 Å². The maximum Gasteiger partial charge on any atom is 0.167 e. The second-order valence-corrected chi connectivity index (χ2v) is 6.36. The van der Waals surface area contributed by atoms with Crippen LogP contribution in [0.2, 0.25) is 5.54 Å². The van der Waals surface area contributed by atoms with Crippen molar-refractivity contribution in [3.05, 3.63) is 42.0 Å². The smallest absolute Gasteiger partial charge is 0.167 e. The molecule has 0 N–H and O–H groups in total. The molecule has 1 rings (SSSR count). The zero-order valence-electron chi connectivity index (χ0n) is 11.7. The van der Waals surface area contributed by atoms with Crippen LogP contribution in [0.1, 0.15) is 31.4 Å². The summed E-state index contributed by atoms with van der Waals surface area (Å²) in [5.74, 6) is 0. The van der Waals surface area contributed by atoms with Crippen LogP contribution >= 0.6 is 0 Å². The lowest BCUT2D eigenvalue weighted by atomic mass is 10.1. The van der Waals surface area contributed by atoms with Crippen molar-refractivity contribution < 1.29 is 9.16 Å². The van der Waals surface area contributed by atoms with Crippen LogP contribution in [0.25, 0.3) is 6.08 Å². The van der Waals surface area contributed by atoms with Crippen molar-refractivity contribution in [1.29, 1.82) is 0 Å². The van der Waals surface area contributed by atoms with Gasteiger partial charge in [0.1, 0.15) is 0 Å². The Morgan fingerprint density at radius 2 is 2.00 bits per heavy atom. The molecule has 2 unspecified atom stereocenters. The minimum absolute atomic E-state index is 0.310. The van der Waals surface area contributed by atoms with E-state index in [9.17, 15) is 0 Å². The predicted molar refractivity (Wildman–Crippen MR) is 80.4 cm³/mol. The van der Waals surface area contributed by atoms with Crippen LogP contribution in [0.3, 0.4) is 0 Å². The molecule has 0 heterocycles. The van der Waals surface area contributed by atoms with E-state index in [0.29, 0.717) is 11.6 Å². The number of benzene rings is 1. The van der Waals surface area contributed by atoms with Crippen molar-refractivity contribution in [3.63, 3.8) is 0 Å². The lowest BCUT2D eigenvalue weighted by Crippen LogP contribution is -2.20. The van der Waals surface area contributed by atoms with Gasteiger partial charge in [0.15, 0.2) is 9.76 Å². The van der Waals surface area contributed by atoms with E-state index < -0.39 is 9.76 Å². The molecule has 0 saturated carbocycles. The Hall–Kier alpha value is -0.903. The quantitative estimate of drug-likeness (QED) is 0.672. The number of rotatable bonds is 8. The third-order valence-corrected chi connectivity index (χ3v) is 5.49. The lowest BCUT2D eigenvalue weighted by Gasteiger charge is -2.20. The van der Waals surface area contributed by atoms with Gasteiger partial charge >= 0.3 is 0 Å². The summed E-state index contributed by atoms with van der Waals surface area (Å²) in [7, 11) is 1.24. The summed E-state index contributed by atoms with van der Waals surface area (Å²) in [6.45, 7) is 8.80. The first-order valence-corrected chi connectivity index (χ1v) is 7.92. The zero-order chi connectivity index (χ0) is 13.4. The predicted octanol–water partition coefficient (Wildman–Crippen LogP) is 3.16. The van der Waals surface area contributed by atoms with Crippen molar-refractivity contribution in [1.82, 2.24) is 0 Å². The van der Waals surface area contributed by atoms with Crippen LogP contribution in [0.15, 0.2) is 30.8 Å². The molecule has 2 nitrogen and oxygen atoms in total. The van der Waals surface area contributed by atoms with E-state index in [4.69, 9.17) is 9.16 Å². The van der Waals surface area contributed by atoms with Crippen molar-refractivity contribution in [2.45, 2.75) is 38.5 Å². The summed E-state index contributed by atoms with van der Waals surface area (Å²) in [6, 6.07) is 8.35. The summed E-state index contributed by atoms with van der Waals surface area (Å²) in [5.41, 5.74) is 2.98. The van der Waals surface area contributed by atoms with E-state index in [1.165, 1.54) is 5.56 Å². The van der Waals surface area contributed by atoms with E-state index in [0.717, 1.165) is 18.6 Å². The summed E-state index contributed by atoms with van der Waals surface area (Å²) < 4.78 is 11.3. The molecule has 1 aromatic carbocycles. The Labute approximate surface area is 113 Å². The van der Waals surface area contributed by atoms with Gasteiger partial charge in [0.2, 0.25) is 0 Å². The maximum absolute atomic E-state index is 5.90. The van der Waals surface area contributed by atoms with Crippen molar-refractivity contribution >= 4 is 15.8 Å². The first kappa shape index (κ1) is 15.2. The normalized spacial score (nSPS) is 14.8. The fraction of sp³-hybridized carbons (Fsp3) is 0.467. The highest BCUT2D eigenvalue weighted by molar-refractivity contribution is 6.29. The zero-order valence-corrected chi connectivity index (χ0v) is 13.1. The Morgan fingerprint density at radius 1 is 1.33 bits per heavy atom. The van der Waals surface area contributed by atoms with E-state index in [2.05, 4.69) is 44.7 Å². The van der Waals surface area contributed by atoms with Crippen LogP contribution < -0.4 is 0 Å². The molecule has 0 bridgehead atoms. The van der Waals surface area contributed by atoms with Gasteiger partial charge in [-0.05, 0) is 23.6 Å². The molecule has 2 atom stereocenters. The highest BCUT2D eigenvalue weighted by atomic mass is 28.2. The number of hydrogen-bond acceptors (Lipinski definition) is 2. The summed E-state index contributed by atoms with van der Waals surface area (Å²) in [5, 5.41) is 0. The lowest BCUT2D eigenvalue weighted by molar-refractivity contribution is 0.105. The molecule has 0 amide bonds. The van der Waals surface area contributed by atoms with Crippen LogP contribution in [0.4, 0.5) is 0 Å². The van der Waals surface area contributed by atoms with Crippen LogP contribution in [-0.4, -0.2) is 23.0 Å². The summed E-state index contributed by atoms with van der Waals surface area (Å²) in [6.07, 6.45) is 3.30. The van der Waals surface area contributed by atoms with Crippen LogP contribution in [0.5, 0.6) is 0 Å². The van der Waals surface area contributed by atoms with Crippen LogP contribution in [-0.2, 0) is 15.8 Å². The first-order valence-electron chi connectivity index (χ1n) is 6.53. The molecule has 0 saturated heterocycles. The van der Waals surface area contributed by atoms with E-state index in [-0.39, 0.29) is 0 Å². The maximum atomic E-state index is 5.90. The van der Waals surface area contributed by atoms with Crippen LogP contribution in [0, 0.1) is 0 Å². The van der Waals surface area contributed by atoms with Crippen molar-refractivity contribution in [2.75, 3.05) is 7.11 Å². The van der Waals surface area contributed by atoms with Crippen molar-refractivity contribution in [2.24, 2.45) is 0 Å². The monoisotopic (exact) mass is 264 g/mol. The summed E-state index contributed by atoms with van der Waals surface area (Å²) in [4.78, 5) is 0. The highest BCUT2D eigenvalue weighted by Crippen LogP contribution is 2.17. The van der Waals surface area contributed by atoms with E-state index in [1.807, 2.05) is 6.08 Å². The molecular formula is C15H24O2Si. The molecule has 3 heteroatoms. The number of hydrogen-bond donors (Lipinski definition) is 0. The SMILES string of the molecule is C=Cc1ccc(CO[SiH2]C(CC)C(C)OC)cc1. The molecule has 0 aromatic heterocycles. The minimum atomic E-state index is -0.537. The number of ether oxygens (including phenoxy) is 1. The third kappa shape index (κ3) is 4.76. The first-order chi connectivity index (χ1) is 8.71. The molecule has 1 aromatic rings. The van der Waals surface area contributed by atoms with Gasteiger partial charge in [-0.25, -0.2) is 0 Å². The second-order valence-electron chi connectivity index (χ2n) is 4.57. The molecule has 0 aliphatic rings. The summed E-state index contributed by atoms with van der Waals surface area (Å²) >= 11 is 0. The van der Waals surface area contributed by atoms with E-state index in [1.54, 1.807) is 7.11 Å². The standard InChI is InChI=1S/C15H24O2Si/c1-5-13-7-9-14(10-8-13)11-17-18-15(6-2)12(3)16-4/h5,7-10,12,15H,1,6,11,18H2,2-4H3. The highest BCUT2D eigenvalue weighted by Gasteiger charge is 2.15. The largest absolute Gasteiger partial charge is 0.419 e. The fourth-order valence-electron chi connectivity index (χ4n) is 1.86. The average molecular weight is 264 g/mol. The van der Waals surface area contributed by atoms with Gasteiger partial charge in [-0.15, -0.1) is 0 Å². The molecule has 0 radical (unpaired) electrons. The molecule has 0 fully saturated rings. The third-order valence-electron chi connectivity index (χ3n) is 3.38. The molecule has 0 spiro atoms. The van der Waals surface area contributed by atoms with Gasteiger partial charge in [-0.2, -0.15) is 0 Å². The molecule has 100 valence electrons. The Bertz CT molecular complexity index is 348. The molecule has 0 aliphatic heterocycles. The van der Waals surface area contributed by atoms with Gasteiger partial charge in [0.05, 0.1) is 12.7 Å². The average Bonchev–Trinajstić information content (AvgIpc) is 2.43. The van der Waals surface area contributed by atoms with Gasteiger partial charge in [0.25, 0.3) is 0 Å². The fourth-order valence-corrected chi connectivity index (χ4v) is 3.21. The van der Waals surface area contributed by atoms with Crippen molar-refractivity contribution in [3.8, 4) is 0 Å².